The Bertz CT molecular complexity index is 772. The Labute approximate surface area is 127 Å². The molecule has 0 saturated carbocycles. The van der Waals surface area contributed by atoms with E-state index >= 15 is 0 Å². The molecule has 0 amide bonds. The number of hydrogen-bond donors (Lipinski definition) is 0. The molecule has 0 atom stereocenters. The van der Waals surface area contributed by atoms with Crippen molar-refractivity contribution >= 4 is 21.6 Å². The maximum Gasteiger partial charge on any atom is 0.312 e. The molecule has 0 aliphatic carbocycles. The molecule has 0 unspecified atom stereocenters. The van der Waals surface area contributed by atoms with Gasteiger partial charge >= 0.3 is 5.69 Å². The van der Waals surface area contributed by atoms with Crippen LogP contribution in [0.1, 0.15) is 11.1 Å². The standard InChI is InChI=1S/C14H8BrFN2O3/c1-8-2-3-13(9(4-8)7-17)21-14-6-11(16)10(15)5-12(14)18(19)20/h2-6H,1H3. The summed E-state index contributed by atoms with van der Waals surface area (Å²) in [5.41, 5.74) is 0.663. The van der Waals surface area contributed by atoms with Crippen LogP contribution in [-0.4, -0.2) is 4.92 Å². The molecule has 2 aromatic carbocycles. The van der Waals surface area contributed by atoms with Gasteiger partial charge < -0.3 is 4.74 Å². The summed E-state index contributed by atoms with van der Waals surface area (Å²) in [6, 6.07) is 8.64. The third kappa shape index (κ3) is 3.17. The molecule has 0 aliphatic rings. The predicted octanol–water partition coefficient (Wildman–Crippen LogP) is 4.47. The topological polar surface area (TPSA) is 76.2 Å². The molecule has 0 fully saturated rings. The minimum absolute atomic E-state index is 0.0361. The predicted molar refractivity (Wildman–Crippen MR) is 76.7 cm³/mol. The van der Waals surface area contributed by atoms with Gasteiger partial charge in [0, 0.05) is 12.1 Å². The molecular weight excluding hydrogens is 343 g/mol. The summed E-state index contributed by atoms with van der Waals surface area (Å²) in [6.07, 6.45) is 0. The number of rotatable bonds is 3. The number of aryl methyl sites for hydroxylation is 1. The van der Waals surface area contributed by atoms with E-state index in [-0.39, 0.29) is 21.5 Å². The van der Waals surface area contributed by atoms with Crippen LogP contribution in [0.4, 0.5) is 10.1 Å². The summed E-state index contributed by atoms with van der Waals surface area (Å²) in [6.45, 7) is 1.80. The maximum atomic E-state index is 13.6. The van der Waals surface area contributed by atoms with Crippen LogP contribution in [-0.2, 0) is 0 Å². The van der Waals surface area contributed by atoms with Crippen molar-refractivity contribution in [2.24, 2.45) is 0 Å². The number of ether oxygens (including phenoxy) is 1. The van der Waals surface area contributed by atoms with E-state index < -0.39 is 16.4 Å². The van der Waals surface area contributed by atoms with Crippen molar-refractivity contribution in [1.82, 2.24) is 0 Å². The van der Waals surface area contributed by atoms with Gasteiger partial charge in [-0.15, -0.1) is 0 Å². The number of nitro benzene ring substituents is 1. The molecular formula is C14H8BrFN2O3. The fourth-order valence-electron chi connectivity index (χ4n) is 1.68. The summed E-state index contributed by atoms with van der Waals surface area (Å²) >= 11 is 2.88. The van der Waals surface area contributed by atoms with Gasteiger partial charge in [-0.25, -0.2) is 4.39 Å². The van der Waals surface area contributed by atoms with Gasteiger partial charge in [0.25, 0.3) is 0 Å². The number of hydrogen-bond acceptors (Lipinski definition) is 4. The first-order valence-electron chi connectivity index (χ1n) is 5.74. The lowest BCUT2D eigenvalue weighted by Crippen LogP contribution is -1.96. The lowest BCUT2D eigenvalue weighted by atomic mass is 10.1. The Balaban J connectivity index is 2.52. The molecule has 0 spiro atoms. The molecule has 0 aliphatic heterocycles. The molecule has 2 rings (SSSR count). The van der Waals surface area contributed by atoms with Crippen molar-refractivity contribution in [2.75, 3.05) is 0 Å². The van der Waals surface area contributed by atoms with Crippen LogP contribution in [0.25, 0.3) is 0 Å². The first kappa shape index (κ1) is 14.9. The lowest BCUT2D eigenvalue weighted by molar-refractivity contribution is -0.385. The van der Waals surface area contributed by atoms with Gasteiger partial charge in [-0.1, -0.05) is 6.07 Å². The highest BCUT2D eigenvalue weighted by Gasteiger charge is 2.20. The van der Waals surface area contributed by atoms with Gasteiger partial charge in [0.1, 0.15) is 17.6 Å². The van der Waals surface area contributed by atoms with Crippen LogP contribution in [0, 0.1) is 34.2 Å². The average molecular weight is 351 g/mol. The normalized spacial score (nSPS) is 10.0. The highest BCUT2D eigenvalue weighted by molar-refractivity contribution is 9.10. The fraction of sp³-hybridized carbons (Fsp3) is 0.0714. The third-order valence-electron chi connectivity index (χ3n) is 2.67. The molecule has 0 radical (unpaired) electrons. The number of nitrogens with zero attached hydrogens (tertiary/aromatic N) is 2. The quantitative estimate of drug-likeness (QED) is 0.604. The summed E-state index contributed by atoms with van der Waals surface area (Å²) in [4.78, 5) is 10.3. The van der Waals surface area contributed by atoms with Crippen LogP contribution in [0.5, 0.6) is 11.5 Å². The molecule has 0 N–H and O–H groups in total. The van der Waals surface area contributed by atoms with Gasteiger partial charge in [0.05, 0.1) is 15.0 Å². The second-order valence-corrected chi connectivity index (χ2v) is 5.06. The monoisotopic (exact) mass is 350 g/mol. The minimum Gasteiger partial charge on any atom is -0.449 e. The third-order valence-corrected chi connectivity index (χ3v) is 3.28. The highest BCUT2D eigenvalue weighted by Crippen LogP contribution is 2.36. The maximum absolute atomic E-state index is 13.6. The Kier molecular flexibility index (Phi) is 4.19. The van der Waals surface area contributed by atoms with Crippen molar-refractivity contribution in [3.8, 4) is 17.6 Å². The van der Waals surface area contributed by atoms with E-state index in [1.165, 1.54) is 6.07 Å². The molecule has 0 bridgehead atoms. The van der Waals surface area contributed by atoms with E-state index in [0.717, 1.165) is 17.7 Å². The summed E-state index contributed by atoms with van der Waals surface area (Å²) < 4.78 is 18.9. The van der Waals surface area contributed by atoms with Crippen LogP contribution < -0.4 is 4.74 Å². The molecule has 0 heterocycles. The zero-order valence-corrected chi connectivity index (χ0v) is 12.3. The van der Waals surface area contributed by atoms with Crippen LogP contribution >= 0.6 is 15.9 Å². The van der Waals surface area contributed by atoms with Crippen molar-refractivity contribution in [2.45, 2.75) is 6.92 Å². The van der Waals surface area contributed by atoms with Crippen molar-refractivity contribution in [1.29, 1.82) is 5.26 Å². The SMILES string of the molecule is Cc1ccc(Oc2cc(F)c(Br)cc2[N+](=O)[O-])c(C#N)c1. The average Bonchev–Trinajstić information content (AvgIpc) is 2.44. The molecule has 106 valence electrons. The molecule has 2 aromatic rings. The smallest absolute Gasteiger partial charge is 0.312 e. The van der Waals surface area contributed by atoms with Gasteiger partial charge in [-0.2, -0.15) is 5.26 Å². The Hall–Kier alpha value is -2.46. The number of halogens is 2. The summed E-state index contributed by atoms with van der Waals surface area (Å²) in [7, 11) is 0. The molecule has 21 heavy (non-hydrogen) atoms. The van der Waals surface area contributed by atoms with E-state index in [1.807, 2.05) is 6.07 Å². The number of nitriles is 1. The molecule has 5 nitrogen and oxygen atoms in total. The number of benzene rings is 2. The van der Waals surface area contributed by atoms with Crippen LogP contribution in [0.2, 0.25) is 0 Å². The fourth-order valence-corrected chi connectivity index (χ4v) is 2.01. The van der Waals surface area contributed by atoms with Crippen molar-refractivity contribution in [3.05, 3.63) is 61.9 Å². The first-order chi connectivity index (χ1) is 9.92. The van der Waals surface area contributed by atoms with Gasteiger partial charge in [0.2, 0.25) is 5.75 Å². The zero-order chi connectivity index (χ0) is 15.6. The second-order valence-electron chi connectivity index (χ2n) is 4.20. The first-order valence-corrected chi connectivity index (χ1v) is 6.53. The minimum atomic E-state index is -0.693. The zero-order valence-electron chi connectivity index (χ0n) is 10.8. The Morgan fingerprint density at radius 3 is 2.67 bits per heavy atom. The Morgan fingerprint density at radius 1 is 1.33 bits per heavy atom. The van der Waals surface area contributed by atoms with Gasteiger partial charge in [-0.05, 0) is 40.5 Å². The number of nitro groups is 1. The van der Waals surface area contributed by atoms with Crippen LogP contribution in [0.15, 0.2) is 34.8 Å². The van der Waals surface area contributed by atoms with Crippen LogP contribution in [0.3, 0.4) is 0 Å². The second kappa shape index (κ2) is 5.89. The molecule has 7 heteroatoms. The van der Waals surface area contributed by atoms with E-state index in [0.29, 0.717) is 0 Å². The van der Waals surface area contributed by atoms with E-state index in [2.05, 4.69) is 15.9 Å². The van der Waals surface area contributed by atoms with E-state index in [4.69, 9.17) is 10.00 Å². The summed E-state index contributed by atoms with van der Waals surface area (Å²) in [5, 5.41) is 20.1. The lowest BCUT2D eigenvalue weighted by Gasteiger charge is -2.09. The molecule has 0 saturated heterocycles. The largest absolute Gasteiger partial charge is 0.449 e. The van der Waals surface area contributed by atoms with Gasteiger partial charge in [-0.3, -0.25) is 10.1 Å². The van der Waals surface area contributed by atoms with Gasteiger partial charge in [0.15, 0.2) is 0 Å². The van der Waals surface area contributed by atoms with E-state index in [1.54, 1.807) is 19.1 Å². The van der Waals surface area contributed by atoms with Crippen molar-refractivity contribution in [3.63, 3.8) is 0 Å². The molecule has 0 aromatic heterocycles. The Morgan fingerprint density at radius 2 is 2.05 bits per heavy atom. The van der Waals surface area contributed by atoms with Crippen molar-refractivity contribution < 1.29 is 14.1 Å². The van der Waals surface area contributed by atoms with E-state index in [9.17, 15) is 14.5 Å². The summed E-state index contributed by atoms with van der Waals surface area (Å²) in [5.74, 6) is -0.824. The highest BCUT2D eigenvalue weighted by atomic mass is 79.9.